The first-order chi connectivity index (χ1) is 14.2. The molecule has 148 valence electrons. The van der Waals surface area contributed by atoms with Crippen LogP contribution in [0.3, 0.4) is 0 Å². The van der Waals surface area contributed by atoms with Gasteiger partial charge in [-0.3, -0.25) is 10.1 Å². The maximum Gasteiger partial charge on any atom is 0.293 e. The van der Waals surface area contributed by atoms with Crippen molar-refractivity contribution in [1.29, 1.82) is 0 Å². The lowest BCUT2D eigenvalue weighted by Crippen LogP contribution is -2.13. The van der Waals surface area contributed by atoms with Gasteiger partial charge in [0.2, 0.25) is 0 Å². The molecule has 0 saturated heterocycles. The summed E-state index contributed by atoms with van der Waals surface area (Å²) in [6.45, 7) is 2.78. The van der Waals surface area contributed by atoms with Crippen LogP contribution in [0.4, 0.5) is 5.13 Å². The van der Waals surface area contributed by atoms with Crippen LogP contribution in [-0.2, 0) is 11.3 Å². The normalized spacial score (nSPS) is 11.0. The van der Waals surface area contributed by atoms with Crippen LogP contribution in [0.15, 0.2) is 58.3 Å². The van der Waals surface area contributed by atoms with Crippen LogP contribution < -0.4 is 10.1 Å². The third-order valence-electron chi connectivity index (χ3n) is 4.47. The molecular weight excluding hydrogens is 388 g/mol. The fourth-order valence-corrected chi connectivity index (χ4v) is 3.72. The quantitative estimate of drug-likeness (QED) is 0.446. The first-order valence-corrected chi connectivity index (χ1v) is 10.1. The molecule has 0 unspecified atom stereocenters. The molecule has 4 rings (SSSR count). The third kappa shape index (κ3) is 4.01. The number of fused-ring (bicyclic) bond motifs is 1. The lowest BCUT2D eigenvalue weighted by Gasteiger charge is -2.04. The summed E-state index contributed by atoms with van der Waals surface area (Å²) in [7, 11) is 1.63. The minimum absolute atomic E-state index is 0.251. The van der Waals surface area contributed by atoms with E-state index in [4.69, 9.17) is 13.9 Å². The Morgan fingerprint density at radius 2 is 1.97 bits per heavy atom. The molecule has 0 bridgehead atoms. The van der Waals surface area contributed by atoms with Gasteiger partial charge in [-0.1, -0.05) is 18.2 Å². The van der Waals surface area contributed by atoms with Gasteiger partial charge in [0, 0.05) is 28.5 Å². The Labute approximate surface area is 172 Å². The second-order valence-electron chi connectivity index (χ2n) is 6.26. The minimum atomic E-state index is -0.341. The fourth-order valence-electron chi connectivity index (χ4n) is 3.01. The largest absolute Gasteiger partial charge is 0.497 e. The van der Waals surface area contributed by atoms with E-state index in [1.165, 1.54) is 11.3 Å². The van der Waals surface area contributed by atoms with Crippen molar-refractivity contribution in [2.45, 2.75) is 13.5 Å². The van der Waals surface area contributed by atoms with Crippen molar-refractivity contribution >= 4 is 33.3 Å². The van der Waals surface area contributed by atoms with Gasteiger partial charge in [-0.15, -0.1) is 11.3 Å². The highest BCUT2D eigenvalue weighted by Gasteiger charge is 2.21. The summed E-state index contributed by atoms with van der Waals surface area (Å²) in [5, 5.41) is 6.13. The van der Waals surface area contributed by atoms with Crippen LogP contribution in [0.25, 0.3) is 22.2 Å². The average molecular weight is 408 g/mol. The number of carbonyl (C=O) groups excluding carboxylic acids is 1. The van der Waals surface area contributed by atoms with Gasteiger partial charge in [-0.2, -0.15) is 0 Å². The Kier molecular flexibility index (Phi) is 5.59. The highest BCUT2D eigenvalue weighted by Crippen LogP contribution is 2.29. The van der Waals surface area contributed by atoms with E-state index in [0.29, 0.717) is 23.9 Å². The van der Waals surface area contributed by atoms with Crippen molar-refractivity contribution in [3.63, 3.8) is 0 Å². The number of aromatic nitrogens is 1. The van der Waals surface area contributed by atoms with E-state index in [-0.39, 0.29) is 11.7 Å². The van der Waals surface area contributed by atoms with Gasteiger partial charge in [-0.05, 0) is 37.3 Å². The number of furan rings is 1. The number of hydrogen-bond donors (Lipinski definition) is 1. The van der Waals surface area contributed by atoms with E-state index in [9.17, 15) is 4.79 Å². The summed E-state index contributed by atoms with van der Waals surface area (Å²) in [4.78, 5) is 17.4. The van der Waals surface area contributed by atoms with E-state index in [0.717, 1.165) is 28.0 Å². The van der Waals surface area contributed by atoms with E-state index in [1.54, 1.807) is 7.11 Å². The zero-order valence-corrected chi connectivity index (χ0v) is 16.9. The molecule has 0 saturated carbocycles. The van der Waals surface area contributed by atoms with Crippen LogP contribution in [0.5, 0.6) is 5.75 Å². The van der Waals surface area contributed by atoms with Gasteiger partial charge in [0.1, 0.15) is 11.3 Å². The lowest BCUT2D eigenvalue weighted by atomic mass is 10.1. The molecule has 0 atom stereocenters. The molecule has 0 aliphatic heterocycles. The summed E-state index contributed by atoms with van der Waals surface area (Å²) in [5.74, 6) is 0.691. The lowest BCUT2D eigenvalue weighted by molar-refractivity contribution is 0.0984. The Morgan fingerprint density at radius 3 is 2.72 bits per heavy atom. The molecule has 1 N–H and O–H groups in total. The topological polar surface area (TPSA) is 73.6 Å². The molecule has 4 aromatic rings. The molecule has 0 radical (unpaired) electrons. The number of carbonyl (C=O) groups is 1. The summed E-state index contributed by atoms with van der Waals surface area (Å²) < 4.78 is 16.5. The van der Waals surface area contributed by atoms with Gasteiger partial charge in [-0.25, -0.2) is 4.98 Å². The molecular formula is C22H20N2O4S. The van der Waals surface area contributed by atoms with Crippen LogP contribution in [0, 0.1) is 0 Å². The van der Waals surface area contributed by atoms with Crippen LogP contribution >= 0.6 is 11.3 Å². The van der Waals surface area contributed by atoms with Crippen molar-refractivity contribution in [3.05, 3.63) is 65.2 Å². The predicted molar refractivity (Wildman–Crippen MR) is 114 cm³/mol. The fraction of sp³-hybridized carbons (Fsp3) is 0.182. The van der Waals surface area contributed by atoms with E-state index >= 15 is 0 Å². The van der Waals surface area contributed by atoms with Crippen LogP contribution in [-0.4, -0.2) is 24.6 Å². The molecule has 2 heterocycles. The predicted octanol–water partition coefficient (Wildman–Crippen LogP) is 5.35. The summed E-state index contributed by atoms with van der Waals surface area (Å²) in [6, 6.07) is 15.2. The maximum absolute atomic E-state index is 12.9. The van der Waals surface area contributed by atoms with Gasteiger partial charge in [0.15, 0.2) is 10.9 Å². The number of thiazole rings is 1. The molecule has 0 spiro atoms. The standard InChI is InChI=1S/C22H20N2O4S/c1-3-27-12-17-16-6-4-5-7-19(16)28-20(17)21(25)24-22-23-18(13-29-22)14-8-10-15(26-2)11-9-14/h4-11,13H,3,12H2,1-2H3,(H,23,24,25). The number of benzene rings is 2. The second-order valence-corrected chi connectivity index (χ2v) is 7.12. The Morgan fingerprint density at radius 1 is 1.17 bits per heavy atom. The maximum atomic E-state index is 12.9. The smallest absolute Gasteiger partial charge is 0.293 e. The third-order valence-corrected chi connectivity index (χ3v) is 5.22. The number of amides is 1. The SMILES string of the molecule is CCOCc1c(C(=O)Nc2nc(-c3ccc(OC)cc3)cs2)oc2ccccc12. The highest BCUT2D eigenvalue weighted by atomic mass is 32.1. The first-order valence-electron chi connectivity index (χ1n) is 9.19. The average Bonchev–Trinajstić information content (AvgIpc) is 3.37. The Hall–Kier alpha value is -3.16. The summed E-state index contributed by atoms with van der Waals surface area (Å²) in [5.41, 5.74) is 3.13. The Bertz CT molecular complexity index is 1130. The van der Waals surface area contributed by atoms with E-state index in [2.05, 4.69) is 10.3 Å². The number of ether oxygens (including phenoxy) is 2. The molecule has 6 nitrogen and oxygen atoms in total. The number of nitrogens with one attached hydrogen (secondary N) is 1. The second kappa shape index (κ2) is 8.46. The van der Waals surface area contributed by atoms with Crippen molar-refractivity contribution < 1.29 is 18.7 Å². The van der Waals surface area contributed by atoms with Crippen LogP contribution in [0.2, 0.25) is 0 Å². The summed E-state index contributed by atoms with van der Waals surface area (Å²) >= 11 is 1.36. The molecule has 29 heavy (non-hydrogen) atoms. The number of methoxy groups -OCH3 is 1. The number of rotatable bonds is 7. The molecule has 2 aromatic carbocycles. The van der Waals surface area contributed by atoms with Gasteiger partial charge in [0.25, 0.3) is 5.91 Å². The summed E-state index contributed by atoms with van der Waals surface area (Å²) in [6.07, 6.45) is 0. The van der Waals surface area contributed by atoms with E-state index in [1.807, 2.05) is 60.8 Å². The van der Waals surface area contributed by atoms with Gasteiger partial charge < -0.3 is 13.9 Å². The molecule has 0 aliphatic carbocycles. The van der Waals surface area contributed by atoms with Crippen molar-refractivity contribution in [2.24, 2.45) is 0 Å². The van der Waals surface area contributed by atoms with Crippen molar-refractivity contribution in [1.82, 2.24) is 4.98 Å². The first kappa shape index (κ1) is 19.2. The molecule has 1 amide bonds. The zero-order valence-electron chi connectivity index (χ0n) is 16.1. The number of nitrogens with zero attached hydrogens (tertiary/aromatic N) is 1. The molecule has 0 fully saturated rings. The zero-order chi connectivity index (χ0) is 20.2. The number of hydrogen-bond acceptors (Lipinski definition) is 6. The molecule has 2 aromatic heterocycles. The van der Waals surface area contributed by atoms with Gasteiger partial charge in [0.05, 0.1) is 19.4 Å². The molecule has 0 aliphatic rings. The number of anilines is 1. The Balaban J connectivity index is 1.57. The number of para-hydroxylation sites is 1. The monoisotopic (exact) mass is 408 g/mol. The van der Waals surface area contributed by atoms with Crippen molar-refractivity contribution in [2.75, 3.05) is 19.0 Å². The molecule has 7 heteroatoms. The van der Waals surface area contributed by atoms with Crippen molar-refractivity contribution in [3.8, 4) is 17.0 Å². The van der Waals surface area contributed by atoms with E-state index < -0.39 is 0 Å². The van der Waals surface area contributed by atoms with Gasteiger partial charge >= 0.3 is 0 Å². The van der Waals surface area contributed by atoms with Crippen LogP contribution in [0.1, 0.15) is 23.0 Å². The minimum Gasteiger partial charge on any atom is -0.497 e. The highest BCUT2D eigenvalue weighted by molar-refractivity contribution is 7.14.